The molecular weight excluding hydrogens is 156 g/mol. The monoisotopic (exact) mass is 168 g/mol. The third-order valence-electron chi connectivity index (χ3n) is 1.65. The van der Waals surface area contributed by atoms with Crippen molar-refractivity contribution in [2.45, 2.75) is 26.2 Å². The van der Waals surface area contributed by atoms with Crippen LogP contribution in [0.2, 0.25) is 0 Å². The highest BCUT2D eigenvalue weighted by atomic mass is 16.4. The summed E-state index contributed by atoms with van der Waals surface area (Å²) >= 11 is 0. The molecule has 1 aromatic heterocycles. The maximum absolute atomic E-state index is 10.4. The number of aryl methyl sites for hydroxylation is 1. The third kappa shape index (κ3) is 2.08. The van der Waals surface area contributed by atoms with Gasteiger partial charge in [0.2, 0.25) is 0 Å². The fourth-order valence-electron chi connectivity index (χ4n) is 0.966. The van der Waals surface area contributed by atoms with E-state index in [0.717, 1.165) is 25.0 Å². The normalized spacial score (nSPS) is 10.1. The van der Waals surface area contributed by atoms with Gasteiger partial charge in [0, 0.05) is 5.69 Å². The Hall–Kier alpha value is -1.32. The molecule has 4 heteroatoms. The predicted octanol–water partition coefficient (Wildman–Crippen LogP) is 1.45. The maximum Gasteiger partial charge on any atom is 0.356 e. The topological polar surface area (TPSA) is 66.0 Å². The molecule has 12 heavy (non-hydrogen) atoms. The highest BCUT2D eigenvalue weighted by Gasteiger charge is 2.06. The molecule has 2 N–H and O–H groups in total. The first-order valence-electron chi connectivity index (χ1n) is 4.01. The van der Waals surface area contributed by atoms with E-state index in [1.807, 2.05) is 0 Å². The fraction of sp³-hybridized carbons (Fsp3) is 0.500. The Kier molecular flexibility index (Phi) is 2.85. The molecule has 0 aliphatic rings. The Morgan fingerprint density at radius 1 is 1.75 bits per heavy atom. The number of carboxylic acids is 1. The number of rotatable bonds is 4. The number of aromatic carboxylic acids is 1. The minimum Gasteiger partial charge on any atom is -0.476 e. The molecule has 0 saturated carbocycles. The van der Waals surface area contributed by atoms with Crippen molar-refractivity contribution in [1.82, 2.24) is 10.2 Å². The summed E-state index contributed by atoms with van der Waals surface area (Å²) in [6.07, 6.45) is 3.03. The number of aromatic nitrogens is 2. The molecule has 0 amide bonds. The van der Waals surface area contributed by atoms with Crippen LogP contribution in [0, 0.1) is 0 Å². The van der Waals surface area contributed by atoms with Crippen molar-refractivity contribution < 1.29 is 9.90 Å². The number of H-pyrrole nitrogens is 1. The van der Waals surface area contributed by atoms with Crippen LogP contribution in [-0.4, -0.2) is 21.3 Å². The van der Waals surface area contributed by atoms with Crippen molar-refractivity contribution in [3.8, 4) is 0 Å². The van der Waals surface area contributed by atoms with Crippen LogP contribution < -0.4 is 0 Å². The summed E-state index contributed by atoms with van der Waals surface area (Å²) in [4.78, 5) is 10.4. The van der Waals surface area contributed by atoms with Crippen molar-refractivity contribution in [2.24, 2.45) is 0 Å². The molecule has 0 unspecified atom stereocenters. The molecule has 0 atom stereocenters. The predicted molar refractivity (Wildman–Crippen MR) is 44.2 cm³/mol. The summed E-state index contributed by atoms with van der Waals surface area (Å²) in [6, 6.07) is 1.58. The number of nitrogens with zero attached hydrogens (tertiary/aromatic N) is 1. The first kappa shape index (κ1) is 8.77. The summed E-state index contributed by atoms with van der Waals surface area (Å²) in [7, 11) is 0. The zero-order valence-electron chi connectivity index (χ0n) is 7.00. The molecular formula is C8H12N2O2. The second-order valence-corrected chi connectivity index (χ2v) is 2.69. The van der Waals surface area contributed by atoms with Crippen molar-refractivity contribution in [2.75, 3.05) is 0 Å². The molecule has 66 valence electrons. The van der Waals surface area contributed by atoms with E-state index in [9.17, 15) is 4.79 Å². The minimum absolute atomic E-state index is 0.0982. The summed E-state index contributed by atoms with van der Waals surface area (Å²) < 4.78 is 0. The molecule has 0 saturated heterocycles. The van der Waals surface area contributed by atoms with E-state index in [0.29, 0.717) is 0 Å². The van der Waals surface area contributed by atoms with Gasteiger partial charge in [0.05, 0.1) is 0 Å². The minimum atomic E-state index is -0.978. The Labute approximate surface area is 70.6 Å². The second kappa shape index (κ2) is 3.90. The molecule has 1 rings (SSSR count). The van der Waals surface area contributed by atoms with Gasteiger partial charge in [0.15, 0.2) is 5.69 Å². The third-order valence-corrected chi connectivity index (χ3v) is 1.65. The lowest BCUT2D eigenvalue weighted by Crippen LogP contribution is -1.95. The van der Waals surface area contributed by atoms with Crippen molar-refractivity contribution in [3.63, 3.8) is 0 Å². The quantitative estimate of drug-likeness (QED) is 0.715. The maximum atomic E-state index is 10.4. The lowest BCUT2D eigenvalue weighted by atomic mass is 10.2. The van der Waals surface area contributed by atoms with Crippen molar-refractivity contribution >= 4 is 5.97 Å². The molecule has 4 nitrogen and oxygen atoms in total. The average Bonchev–Trinajstić information content (AvgIpc) is 2.48. The smallest absolute Gasteiger partial charge is 0.356 e. The van der Waals surface area contributed by atoms with Crippen LogP contribution in [0.3, 0.4) is 0 Å². The molecule has 0 aromatic carbocycles. The van der Waals surface area contributed by atoms with Gasteiger partial charge in [0.1, 0.15) is 0 Å². The van der Waals surface area contributed by atoms with Crippen LogP contribution in [0.1, 0.15) is 35.9 Å². The standard InChI is InChI=1S/C8H12N2O2/c1-2-3-4-6-5-7(8(11)12)10-9-6/h5H,2-4H2,1H3,(H,9,10)(H,11,12). The van der Waals surface area contributed by atoms with Gasteiger partial charge in [0.25, 0.3) is 0 Å². The Morgan fingerprint density at radius 3 is 3.00 bits per heavy atom. The number of aromatic amines is 1. The number of hydrogen-bond donors (Lipinski definition) is 2. The van der Waals surface area contributed by atoms with Gasteiger partial charge in [-0.2, -0.15) is 5.10 Å². The zero-order valence-corrected chi connectivity index (χ0v) is 7.00. The Balaban J connectivity index is 2.58. The first-order chi connectivity index (χ1) is 5.74. The van der Waals surface area contributed by atoms with Crippen LogP contribution in [0.5, 0.6) is 0 Å². The van der Waals surface area contributed by atoms with Crippen LogP contribution in [-0.2, 0) is 6.42 Å². The number of hydrogen-bond acceptors (Lipinski definition) is 2. The molecule has 1 heterocycles. The SMILES string of the molecule is CCCCc1cc(C(=O)O)n[nH]1. The van der Waals surface area contributed by atoms with E-state index >= 15 is 0 Å². The molecule has 0 fully saturated rings. The summed E-state index contributed by atoms with van der Waals surface area (Å²) in [6.45, 7) is 2.09. The van der Waals surface area contributed by atoms with Gasteiger partial charge in [-0.1, -0.05) is 13.3 Å². The van der Waals surface area contributed by atoms with E-state index in [-0.39, 0.29) is 5.69 Å². The number of unbranched alkanes of at least 4 members (excludes halogenated alkanes) is 1. The van der Waals surface area contributed by atoms with Crippen LogP contribution >= 0.6 is 0 Å². The Bertz CT molecular complexity index is 268. The number of carbonyl (C=O) groups is 1. The fourth-order valence-corrected chi connectivity index (χ4v) is 0.966. The summed E-state index contributed by atoms with van der Waals surface area (Å²) in [5, 5.41) is 14.9. The van der Waals surface area contributed by atoms with Crippen molar-refractivity contribution in [3.05, 3.63) is 17.5 Å². The number of carboxylic acid groups (broad SMARTS) is 1. The van der Waals surface area contributed by atoms with E-state index in [4.69, 9.17) is 5.11 Å². The molecule has 0 aliphatic carbocycles. The molecule has 0 aliphatic heterocycles. The van der Waals surface area contributed by atoms with E-state index in [1.54, 1.807) is 6.07 Å². The second-order valence-electron chi connectivity index (χ2n) is 2.69. The molecule has 0 spiro atoms. The van der Waals surface area contributed by atoms with E-state index < -0.39 is 5.97 Å². The first-order valence-corrected chi connectivity index (χ1v) is 4.01. The van der Waals surface area contributed by atoms with Crippen LogP contribution in [0.4, 0.5) is 0 Å². The molecule has 0 radical (unpaired) electrons. The summed E-state index contributed by atoms with van der Waals surface area (Å²) in [5.41, 5.74) is 0.996. The van der Waals surface area contributed by atoms with Gasteiger partial charge < -0.3 is 5.11 Å². The van der Waals surface area contributed by atoms with E-state index in [2.05, 4.69) is 17.1 Å². The van der Waals surface area contributed by atoms with Gasteiger partial charge in [-0.15, -0.1) is 0 Å². The van der Waals surface area contributed by atoms with Gasteiger partial charge >= 0.3 is 5.97 Å². The highest BCUT2D eigenvalue weighted by Crippen LogP contribution is 2.03. The largest absolute Gasteiger partial charge is 0.476 e. The van der Waals surface area contributed by atoms with Crippen molar-refractivity contribution in [1.29, 1.82) is 0 Å². The summed E-state index contributed by atoms with van der Waals surface area (Å²) in [5.74, 6) is -0.978. The molecule has 0 bridgehead atoms. The molecule has 1 aromatic rings. The van der Waals surface area contributed by atoms with Gasteiger partial charge in [-0.3, -0.25) is 5.10 Å². The lowest BCUT2D eigenvalue weighted by Gasteiger charge is -1.90. The average molecular weight is 168 g/mol. The van der Waals surface area contributed by atoms with Crippen LogP contribution in [0.25, 0.3) is 0 Å². The van der Waals surface area contributed by atoms with Crippen LogP contribution in [0.15, 0.2) is 6.07 Å². The van der Waals surface area contributed by atoms with E-state index in [1.165, 1.54) is 0 Å². The number of nitrogens with one attached hydrogen (secondary N) is 1. The highest BCUT2D eigenvalue weighted by molar-refractivity contribution is 5.85. The zero-order chi connectivity index (χ0) is 8.97. The van der Waals surface area contributed by atoms with Gasteiger partial charge in [-0.25, -0.2) is 4.79 Å². The lowest BCUT2D eigenvalue weighted by molar-refractivity contribution is 0.0690. The van der Waals surface area contributed by atoms with Gasteiger partial charge in [-0.05, 0) is 18.9 Å². The Morgan fingerprint density at radius 2 is 2.50 bits per heavy atom.